The van der Waals surface area contributed by atoms with Crippen LogP contribution in [0.3, 0.4) is 0 Å². The highest BCUT2D eigenvalue weighted by atomic mass is 19.4. The highest BCUT2D eigenvalue weighted by Crippen LogP contribution is 2.45. The van der Waals surface area contributed by atoms with Crippen molar-refractivity contribution in [3.63, 3.8) is 0 Å². The summed E-state index contributed by atoms with van der Waals surface area (Å²) in [6.45, 7) is 5.12. The molecule has 0 unspecified atom stereocenters. The zero-order valence-corrected chi connectivity index (χ0v) is 10.9. The fourth-order valence-corrected chi connectivity index (χ4v) is 3.44. The van der Waals surface area contributed by atoms with Crippen LogP contribution in [0.4, 0.5) is 13.2 Å². The van der Waals surface area contributed by atoms with Gasteiger partial charge in [0.1, 0.15) is 0 Å². The van der Waals surface area contributed by atoms with Gasteiger partial charge >= 0.3 is 6.18 Å². The third-order valence-electron chi connectivity index (χ3n) is 4.59. The molecule has 2 rings (SSSR count). The summed E-state index contributed by atoms with van der Waals surface area (Å²) in [6.07, 6.45) is 3.56. The monoisotopic (exact) mass is 261 g/mol. The highest BCUT2D eigenvalue weighted by Gasteiger charge is 2.37. The van der Waals surface area contributed by atoms with Crippen molar-refractivity contribution in [3.8, 4) is 0 Å². The van der Waals surface area contributed by atoms with Gasteiger partial charge in [-0.25, -0.2) is 0 Å². The standard InChI is InChI=1S/C14H22F3N/c1-12(11-14(15,16)17)18-9-7-13(8-10-18)5-3-2-4-6-13/h1-11H2. The number of likely N-dealkylation sites (tertiary alicyclic amines) is 1. The Hall–Kier alpha value is -0.670. The molecule has 2 aliphatic rings. The van der Waals surface area contributed by atoms with Crippen LogP contribution in [0.1, 0.15) is 51.4 Å². The van der Waals surface area contributed by atoms with Crippen molar-refractivity contribution in [1.29, 1.82) is 0 Å². The molecule has 0 amide bonds. The second-order valence-corrected chi connectivity index (χ2v) is 5.91. The van der Waals surface area contributed by atoms with Crippen molar-refractivity contribution in [2.24, 2.45) is 5.41 Å². The Bertz CT molecular complexity index is 293. The van der Waals surface area contributed by atoms with E-state index in [1.165, 1.54) is 32.1 Å². The number of halogens is 3. The Morgan fingerprint density at radius 2 is 1.56 bits per heavy atom. The molecule has 0 N–H and O–H groups in total. The number of rotatable bonds is 2. The molecule has 0 aromatic rings. The lowest BCUT2D eigenvalue weighted by Gasteiger charge is -2.45. The first-order valence-electron chi connectivity index (χ1n) is 6.90. The Balaban J connectivity index is 1.84. The summed E-state index contributed by atoms with van der Waals surface area (Å²) in [5.74, 6) is 0. The molecule has 2 fully saturated rings. The third-order valence-corrected chi connectivity index (χ3v) is 4.59. The summed E-state index contributed by atoms with van der Waals surface area (Å²) >= 11 is 0. The molecule has 1 aliphatic carbocycles. The van der Waals surface area contributed by atoms with Crippen molar-refractivity contribution in [1.82, 2.24) is 4.90 Å². The molecule has 0 bridgehead atoms. The quantitative estimate of drug-likeness (QED) is 0.707. The maximum absolute atomic E-state index is 12.3. The van der Waals surface area contributed by atoms with E-state index in [0.717, 1.165) is 25.9 Å². The van der Waals surface area contributed by atoms with Gasteiger partial charge in [0.05, 0.1) is 6.42 Å². The second-order valence-electron chi connectivity index (χ2n) is 5.91. The van der Waals surface area contributed by atoms with Crippen LogP contribution in [0, 0.1) is 5.41 Å². The minimum Gasteiger partial charge on any atom is -0.375 e. The summed E-state index contributed by atoms with van der Waals surface area (Å²) in [6, 6.07) is 0. The normalized spacial score (nSPS) is 24.3. The summed E-state index contributed by atoms with van der Waals surface area (Å²) in [4.78, 5) is 1.84. The largest absolute Gasteiger partial charge is 0.394 e. The Morgan fingerprint density at radius 3 is 2.06 bits per heavy atom. The van der Waals surface area contributed by atoms with Gasteiger partial charge in [0, 0.05) is 18.8 Å². The fraction of sp³-hybridized carbons (Fsp3) is 0.857. The van der Waals surface area contributed by atoms with E-state index < -0.39 is 12.6 Å². The van der Waals surface area contributed by atoms with E-state index in [-0.39, 0.29) is 5.70 Å². The van der Waals surface area contributed by atoms with Gasteiger partial charge in [0.15, 0.2) is 0 Å². The number of hydrogen-bond acceptors (Lipinski definition) is 1. The van der Waals surface area contributed by atoms with E-state index in [9.17, 15) is 13.2 Å². The van der Waals surface area contributed by atoms with Crippen molar-refractivity contribution in [2.75, 3.05) is 13.1 Å². The highest BCUT2D eigenvalue weighted by molar-refractivity contribution is 5.00. The zero-order valence-electron chi connectivity index (χ0n) is 10.9. The number of hydrogen-bond donors (Lipinski definition) is 0. The Labute approximate surface area is 107 Å². The molecule has 1 nitrogen and oxygen atoms in total. The fourth-order valence-electron chi connectivity index (χ4n) is 3.44. The SMILES string of the molecule is C=C(CC(F)(F)F)N1CCC2(CCCCC2)CC1. The van der Waals surface area contributed by atoms with Gasteiger partial charge in [-0.05, 0) is 31.1 Å². The number of allylic oxidation sites excluding steroid dienone is 1. The van der Waals surface area contributed by atoms with E-state index >= 15 is 0 Å². The van der Waals surface area contributed by atoms with Crippen LogP contribution in [0.15, 0.2) is 12.3 Å². The molecule has 0 radical (unpaired) electrons. The van der Waals surface area contributed by atoms with Crippen LogP contribution in [-0.4, -0.2) is 24.2 Å². The average molecular weight is 261 g/mol. The Kier molecular flexibility index (Phi) is 3.93. The van der Waals surface area contributed by atoms with Gasteiger partial charge in [-0.2, -0.15) is 13.2 Å². The second kappa shape index (κ2) is 5.14. The van der Waals surface area contributed by atoms with Crippen LogP contribution in [0.25, 0.3) is 0 Å². The summed E-state index contributed by atoms with van der Waals surface area (Å²) < 4.78 is 37.0. The van der Waals surface area contributed by atoms with E-state index in [2.05, 4.69) is 6.58 Å². The van der Waals surface area contributed by atoms with Crippen LogP contribution in [-0.2, 0) is 0 Å². The van der Waals surface area contributed by atoms with Crippen molar-refractivity contribution in [2.45, 2.75) is 57.5 Å². The molecule has 1 saturated heterocycles. The van der Waals surface area contributed by atoms with Crippen LogP contribution < -0.4 is 0 Å². The van der Waals surface area contributed by atoms with Crippen molar-refractivity contribution in [3.05, 3.63) is 12.3 Å². The van der Waals surface area contributed by atoms with Crippen LogP contribution >= 0.6 is 0 Å². The minimum absolute atomic E-state index is 0.244. The molecular weight excluding hydrogens is 239 g/mol. The van der Waals surface area contributed by atoms with Gasteiger partial charge in [0.25, 0.3) is 0 Å². The predicted molar refractivity (Wildman–Crippen MR) is 66.1 cm³/mol. The van der Waals surface area contributed by atoms with E-state index in [0.29, 0.717) is 5.41 Å². The molecule has 0 atom stereocenters. The molecule has 4 heteroatoms. The van der Waals surface area contributed by atoms with Gasteiger partial charge in [0.2, 0.25) is 0 Å². The lowest BCUT2D eigenvalue weighted by atomic mass is 9.68. The first-order chi connectivity index (χ1) is 8.40. The molecule has 0 aromatic carbocycles. The van der Waals surface area contributed by atoms with Crippen molar-refractivity contribution < 1.29 is 13.2 Å². The van der Waals surface area contributed by atoms with Crippen molar-refractivity contribution >= 4 is 0 Å². The first-order valence-corrected chi connectivity index (χ1v) is 6.90. The zero-order chi connectivity index (χ0) is 13.2. The molecule has 104 valence electrons. The molecular formula is C14H22F3N. The van der Waals surface area contributed by atoms with Gasteiger partial charge < -0.3 is 4.90 Å². The van der Waals surface area contributed by atoms with E-state index in [1.54, 1.807) is 0 Å². The summed E-state index contributed by atoms with van der Waals surface area (Å²) in [7, 11) is 0. The van der Waals surface area contributed by atoms with Gasteiger partial charge in [-0.1, -0.05) is 25.8 Å². The van der Waals surface area contributed by atoms with Crippen LogP contribution in [0.2, 0.25) is 0 Å². The van der Waals surface area contributed by atoms with E-state index in [1.807, 2.05) is 4.90 Å². The lowest BCUT2D eigenvalue weighted by Crippen LogP contribution is -2.41. The Morgan fingerprint density at radius 1 is 1.00 bits per heavy atom. The molecule has 1 saturated carbocycles. The summed E-state index contributed by atoms with van der Waals surface area (Å²) in [5.41, 5.74) is 0.681. The number of piperidine rings is 1. The number of nitrogens with zero attached hydrogens (tertiary/aromatic N) is 1. The minimum atomic E-state index is -4.13. The topological polar surface area (TPSA) is 3.24 Å². The lowest BCUT2D eigenvalue weighted by molar-refractivity contribution is -0.131. The van der Waals surface area contributed by atoms with Crippen LogP contribution in [0.5, 0.6) is 0 Å². The first kappa shape index (κ1) is 13.8. The number of alkyl halides is 3. The smallest absolute Gasteiger partial charge is 0.375 e. The average Bonchev–Trinajstić information content (AvgIpc) is 2.28. The van der Waals surface area contributed by atoms with Gasteiger partial charge in [-0.3, -0.25) is 0 Å². The maximum Gasteiger partial charge on any atom is 0.394 e. The molecule has 18 heavy (non-hydrogen) atoms. The summed E-state index contributed by atoms with van der Waals surface area (Å²) in [5, 5.41) is 0. The molecule has 1 heterocycles. The molecule has 1 aliphatic heterocycles. The van der Waals surface area contributed by atoms with E-state index in [4.69, 9.17) is 0 Å². The molecule has 0 aromatic heterocycles. The maximum atomic E-state index is 12.3. The van der Waals surface area contributed by atoms with Gasteiger partial charge in [-0.15, -0.1) is 0 Å². The molecule has 1 spiro atoms. The predicted octanol–water partition coefficient (Wildman–Crippen LogP) is 4.50. The third kappa shape index (κ3) is 3.42.